The zero-order valence-corrected chi connectivity index (χ0v) is 19.1. The molecule has 0 spiro atoms. The number of carbonyl (C=O) groups excluding carboxylic acids is 1. The van der Waals surface area contributed by atoms with E-state index in [2.05, 4.69) is 13.8 Å². The van der Waals surface area contributed by atoms with Gasteiger partial charge in [-0.3, -0.25) is 19.1 Å². The Labute approximate surface area is 191 Å². The first-order chi connectivity index (χ1) is 15.5. The summed E-state index contributed by atoms with van der Waals surface area (Å²) in [5, 5.41) is 10.0. The second kappa shape index (κ2) is 7.50. The van der Waals surface area contributed by atoms with Gasteiger partial charge in [0.25, 0.3) is 5.56 Å². The molecule has 3 fully saturated rings. The SMILES string of the molecule is C[C@@]12CCC[C@H]1[C@@H]1CCC3=CC(=O)C(C(C(=O)O)n4cc(F)c(=O)[nH]c4=O)C[C@]3(C)[C@@H]1CC2. The van der Waals surface area contributed by atoms with Gasteiger partial charge in [-0.15, -0.1) is 0 Å². The van der Waals surface area contributed by atoms with Crippen LogP contribution in [0.2, 0.25) is 0 Å². The Hall–Kier alpha value is -2.51. The van der Waals surface area contributed by atoms with E-state index in [1.807, 2.05) is 4.98 Å². The normalized spacial score (nSPS) is 38.6. The first-order valence-electron chi connectivity index (χ1n) is 12.0. The first kappa shape index (κ1) is 22.3. The number of carbonyl (C=O) groups is 2. The average molecular weight is 459 g/mol. The number of hydrogen-bond donors (Lipinski definition) is 2. The van der Waals surface area contributed by atoms with Crippen LogP contribution in [0.15, 0.2) is 27.4 Å². The number of halogens is 1. The maximum absolute atomic E-state index is 14.0. The molecule has 0 saturated heterocycles. The molecule has 1 aromatic heterocycles. The summed E-state index contributed by atoms with van der Waals surface area (Å²) in [5.41, 5.74) is -1.09. The lowest BCUT2D eigenvalue weighted by Gasteiger charge is -2.58. The molecule has 178 valence electrons. The molecule has 0 bridgehead atoms. The number of carboxylic acids is 1. The zero-order chi connectivity index (χ0) is 23.7. The topological polar surface area (TPSA) is 109 Å². The molecule has 8 heteroatoms. The number of carboxylic acid groups (broad SMARTS) is 1. The van der Waals surface area contributed by atoms with Crippen molar-refractivity contribution in [1.82, 2.24) is 9.55 Å². The lowest BCUT2D eigenvalue weighted by atomic mass is 9.46. The molecule has 4 aliphatic rings. The molecule has 2 unspecified atom stereocenters. The number of aromatic amines is 1. The van der Waals surface area contributed by atoms with Gasteiger partial charge in [0.1, 0.15) is 6.04 Å². The smallest absolute Gasteiger partial charge is 0.329 e. The van der Waals surface area contributed by atoms with E-state index in [1.54, 1.807) is 6.08 Å². The van der Waals surface area contributed by atoms with Crippen LogP contribution in [0.4, 0.5) is 4.39 Å². The number of nitrogens with zero attached hydrogens (tertiary/aromatic N) is 1. The van der Waals surface area contributed by atoms with E-state index < -0.39 is 35.0 Å². The number of nitrogens with one attached hydrogen (secondary N) is 1. The third-order valence-corrected chi connectivity index (χ3v) is 9.70. The Bertz CT molecular complexity index is 1170. The molecule has 0 amide bonds. The number of hydrogen-bond acceptors (Lipinski definition) is 4. The lowest BCUT2D eigenvalue weighted by Crippen LogP contribution is -2.52. The van der Waals surface area contributed by atoms with Gasteiger partial charge in [0, 0.05) is 0 Å². The summed E-state index contributed by atoms with van der Waals surface area (Å²) in [7, 11) is 0. The Morgan fingerprint density at radius 3 is 2.67 bits per heavy atom. The van der Waals surface area contributed by atoms with Crippen molar-refractivity contribution in [3.05, 3.63) is 44.5 Å². The third kappa shape index (κ3) is 3.28. The fraction of sp³-hybridized carbons (Fsp3) is 0.680. The molecule has 2 N–H and O–H groups in total. The molecule has 0 radical (unpaired) electrons. The number of aliphatic carboxylic acids is 1. The van der Waals surface area contributed by atoms with E-state index >= 15 is 0 Å². The molecule has 5 rings (SSSR count). The van der Waals surface area contributed by atoms with Gasteiger partial charge in [-0.2, -0.15) is 4.39 Å². The number of allylic oxidation sites excluding steroid dienone is 1. The highest BCUT2D eigenvalue weighted by atomic mass is 19.1. The zero-order valence-electron chi connectivity index (χ0n) is 19.1. The van der Waals surface area contributed by atoms with Crippen molar-refractivity contribution in [2.24, 2.45) is 34.5 Å². The van der Waals surface area contributed by atoms with E-state index in [0.717, 1.165) is 31.3 Å². The fourth-order valence-corrected chi connectivity index (χ4v) is 8.10. The van der Waals surface area contributed by atoms with E-state index in [1.165, 1.54) is 19.3 Å². The van der Waals surface area contributed by atoms with Crippen LogP contribution in [0.25, 0.3) is 0 Å². The number of fused-ring (bicyclic) bond motifs is 5. The lowest BCUT2D eigenvalue weighted by molar-refractivity contribution is -0.147. The van der Waals surface area contributed by atoms with E-state index in [0.29, 0.717) is 40.4 Å². The summed E-state index contributed by atoms with van der Waals surface area (Å²) in [4.78, 5) is 51.1. The molecule has 1 aromatic rings. The van der Waals surface area contributed by atoms with Gasteiger partial charge >= 0.3 is 11.7 Å². The molecule has 7 nitrogen and oxygen atoms in total. The van der Waals surface area contributed by atoms with Gasteiger partial charge in [0.05, 0.1) is 12.1 Å². The minimum atomic E-state index is -1.58. The van der Waals surface area contributed by atoms with Crippen LogP contribution in [-0.2, 0) is 9.59 Å². The largest absolute Gasteiger partial charge is 0.480 e. The van der Waals surface area contributed by atoms with E-state index in [-0.39, 0.29) is 11.2 Å². The Morgan fingerprint density at radius 2 is 1.94 bits per heavy atom. The maximum atomic E-state index is 14.0. The van der Waals surface area contributed by atoms with Crippen LogP contribution < -0.4 is 11.2 Å². The molecule has 4 aliphatic carbocycles. The molecular formula is C25H31FN2O5. The second-order valence-electron chi connectivity index (χ2n) is 11.2. The summed E-state index contributed by atoms with van der Waals surface area (Å²) in [6.07, 6.45) is 10.4. The van der Waals surface area contributed by atoms with Gasteiger partial charge < -0.3 is 5.11 Å². The van der Waals surface area contributed by atoms with Crippen molar-refractivity contribution in [1.29, 1.82) is 0 Å². The first-order valence-corrected chi connectivity index (χ1v) is 12.0. The van der Waals surface area contributed by atoms with E-state index in [4.69, 9.17) is 0 Å². The van der Waals surface area contributed by atoms with Crippen molar-refractivity contribution in [2.75, 3.05) is 0 Å². The number of aromatic nitrogens is 2. The van der Waals surface area contributed by atoms with Crippen molar-refractivity contribution < 1.29 is 19.1 Å². The van der Waals surface area contributed by atoms with Crippen molar-refractivity contribution in [2.45, 2.75) is 71.3 Å². The fourth-order valence-electron chi connectivity index (χ4n) is 8.10. The summed E-state index contributed by atoms with van der Waals surface area (Å²) >= 11 is 0. The minimum absolute atomic E-state index is 0.312. The third-order valence-electron chi connectivity index (χ3n) is 9.70. The van der Waals surface area contributed by atoms with Crippen molar-refractivity contribution in [3.8, 4) is 0 Å². The summed E-state index contributed by atoms with van der Waals surface area (Å²) in [6.45, 7) is 4.57. The highest BCUT2D eigenvalue weighted by Crippen LogP contribution is 2.65. The van der Waals surface area contributed by atoms with Crippen LogP contribution in [0.5, 0.6) is 0 Å². The highest BCUT2D eigenvalue weighted by Gasteiger charge is 2.58. The van der Waals surface area contributed by atoms with Gasteiger partial charge in [-0.25, -0.2) is 9.59 Å². The van der Waals surface area contributed by atoms with E-state index in [9.17, 15) is 28.7 Å². The Morgan fingerprint density at radius 1 is 1.18 bits per heavy atom. The molecular weight excluding hydrogens is 427 g/mol. The van der Waals surface area contributed by atoms with Crippen molar-refractivity contribution >= 4 is 11.8 Å². The van der Waals surface area contributed by atoms with Gasteiger partial charge in [-0.1, -0.05) is 25.8 Å². The summed E-state index contributed by atoms with van der Waals surface area (Å²) in [5.74, 6) is -2.40. The Kier molecular flexibility index (Phi) is 5.07. The van der Waals surface area contributed by atoms with Crippen LogP contribution in [0.1, 0.15) is 71.3 Å². The number of rotatable bonds is 3. The predicted molar refractivity (Wildman–Crippen MR) is 118 cm³/mol. The Balaban J connectivity index is 1.54. The predicted octanol–water partition coefficient (Wildman–Crippen LogP) is 3.45. The molecule has 3 saturated carbocycles. The van der Waals surface area contributed by atoms with Gasteiger partial charge in [-0.05, 0) is 79.6 Å². The molecule has 0 aliphatic heterocycles. The quantitative estimate of drug-likeness (QED) is 0.721. The molecule has 1 heterocycles. The molecule has 0 aromatic carbocycles. The highest BCUT2D eigenvalue weighted by molar-refractivity contribution is 5.97. The monoisotopic (exact) mass is 458 g/mol. The summed E-state index contributed by atoms with van der Waals surface area (Å²) in [6, 6.07) is -1.58. The maximum Gasteiger partial charge on any atom is 0.329 e. The average Bonchev–Trinajstić information content (AvgIpc) is 3.14. The van der Waals surface area contributed by atoms with Crippen molar-refractivity contribution in [3.63, 3.8) is 0 Å². The molecule has 33 heavy (non-hydrogen) atoms. The van der Waals surface area contributed by atoms with Crippen LogP contribution >= 0.6 is 0 Å². The van der Waals surface area contributed by atoms with Crippen LogP contribution in [0, 0.1) is 40.3 Å². The molecule has 7 atom stereocenters. The van der Waals surface area contributed by atoms with Crippen LogP contribution in [0.3, 0.4) is 0 Å². The number of H-pyrrole nitrogens is 1. The van der Waals surface area contributed by atoms with Crippen LogP contribution in [-0.4, -0.2) is 26.4 Å². The minimum Gasteiger partial charge on any atom is -0.480 e. The van der Waals surface area contributed by atoms with Gasteiger partial charge in [0.15, 0.2) is 5.78 Å². The standard InChI is InChI=1S/C25H31FN2O5/c1-24-8-3-4-16(24)14-6-5-13-10-19(29)15(11-25(13,2)17(14)7-9-24)20(22(31)32)28-12-18(26)21(30)27-23(28)33/h10,12,14-17,20H,3-9,11H2,1-2H3,(H,31,32)(H,27,30,33)/t14-,15?,16-,17+,20?,24-,25-/m0/s1. The summed E-state index contributed by atoms with van der Waals surface area (Å²) < 4.78 is 14.6. The second-order valence-corrected chi connectivity index (χ2v) is 11.2. The number of ketones is 1. The van der Waals surface area contributed by atoms with Gasteiger partial charge in [0.2, 0.25) is 5.82 Å².